The molecule has 0 aliphatic rings. The summed E-state index contributed by atoms with van der Waals surface area (Å²) in [7, 11) is 1.94. The van der Waals surface area contributed by atoms with E-state index < -0.39 is 0 Å². The lowest BCUT2D eigenvalue weighted by atomic mass is 10.1. The number of rotatable bonds is 10. The minimum atomic E-state index is 0.389. The number of benzene rings is 3. The van der Waals surface area contributed by atoms with Gasteiger partial charge in [0.1, 0.15) is 18.9 Å². The van der Waals surface area contributed by atoms with Crippen LogP contribution in [0.25, 0.3) is 28.2 Å². The molecule has 37 heavy (non-hydrogen) atoms. The molecule has 0 aliphatic heterocycles. The van der Waals surface area contributed by atoms with Crippen molar-refractivity contribution in [3.05, 3.63) is 114 Å². The van der Waals surface area contributed by atoms with E-state index in [1.807, 2.05) is 97.5 Å². The monoisotopic (exact) mass is 491 g/mol. The summed E-state index contributed by atoms with van der Waals surface area (Å²) in [4.78, 5) is 4.74. The maximum atomic E-state index is 6.25. The summed E-state index contributed by atoms with van der Waals surface area (Å²) in [5.41, 5.74) is 5.80. The van der Waals surface area contributed by atoms with Gasteiger partial charge in [0.2, 0.25) is 11.8 Å². The summed E-state index contributed by atoms with van der Waals surface area (Å²) < 4.78 is 19.5. The lowest BCUT2D eigenvalue weighted by Gasteiger charge is -2.12. The van der Waals surface area contributed by atoms with Crippen LogP contribution in [0.15, 0.2) is 97.3 Å². The number of fused-ring (bicyclic) bond motifs is 1. The van der Waals surface area contributed by atoms with E-state index in [1.54, 1.807) is 6.26 Å². The highest BCUT2D eigenvalue weighted by Gasteiger charge is 2.18. The SMILES string of the molecule is CCO/C=C/c1ccc2c(-c3ccc(OCc4ccccc4)nc3OCc3ccccc3)nn(C)c2c1. The quantitative estimate of drug-likeness (QED) is 0.201. The second-order valence-electron chi connectivity index (χ2n) is 8.56. The molecule has 0 saturated heterocycles. The maximum absolute atomic E-state index is 6.25. The van der Waals surface area contributed by atoms with Crippen molar-refractivity contribution < 1.29 is 14.2 Å². The fraction of sp³-hybridized carbons (Fsp3) is 0.161. The van der Waals surface area contributed by atoms with Crippen LogP contribution in [0.4, 0.5) is 0 Å². The van der Waals surface area contributed by atoms with E-state index in [0.29, 0.717) is 31.6 Å². The number of aromatic nitrogens is 3. The molecule has 0 N–H and O–H groups in total. The lowest BCUT2D eigenvalue weighted by molar-refractivity contribution is 0.268. The molecule has 0 radical (unpaired) electrons. The zero-order valence-corrected chi connectivity index (χ0v) is 21.0. The summed E-state index contributed by atoms with van der Waals surface area (Å²) in [5, 5.41) is 5.85. The first-order valence-corrected chi connectivity index (χ1v) is 12.3. The van der Waals surface area contributed by atoms with Gasteiger partial charge >= 0.3 is 0 Å². The highest BCUT2D eigenvalue weighted by molar-refractivity contribution is 5.95. The molecule has 2 aromatic heterocycles. The Morgan fingerprint density at radius 3 is 2.22 bits per heavy atom. The lowest BCUT2D eigenvalue weighted by Crippen LogP contribution is -2.02. The van der Waals surface area contributed by atoms with Crippen molar-refractivity contribution in [3.63, 3.8) is 0 Å². The van der Waals surface area contributed by atoms with Gasteiger partial charge in [0.25, 0.3) is 0 Å². The molecule has 6 heteroatoms. The smallest absolute Gasteiger partial charge is 0.226 e. The molecular weight excluding hydrogens is 462 g/mol. The normalized spacial score (nSPS) is 11.2. The zero-order valence-electron chi connectivity index (χ0n) is 21.0. The van der Waals surface area contributed by atoms with Crippen LogP contribution in [0.1, 0.15) is 23.6 Å². The van der Waals surface area contributed by atoms with Crippen LogP contribution in [0.2, 0.25) is 0 Å². The van der Waals surface area contributed by atoms with E-state index in [4.69, 9.17) is 24.3 Å². The topological polar surface area (TPSA) is 58.4 Å². The van der Waals surface area contributed by atoms with Gasteiger partial charge in [-0.2, -0.15) is 10.1 Å². The molecule has 0 bridgehead atoms. The third kappa shape index (κ3) is 5.81. The standard InChI is InChI=1S/C31H29N3O3/c1-3-35-19-18-23-14-15-26-28(20-23)34(2)33-30(26)27-16-17-29(36-21-24-10-6-4-7-11-24)32-31(27)37-22-25-12-8-5-9-13-25/h4-20H,3,21-22H2,1-2H3/b19-18+. The molecule has 2 heterocycles. The first-order valence-electron chi connectivity index (χ1n) is 12.3. The Bertz CT molecular complexity index is 1490. The molecule has 6 nitrogen and oxygen atoms in total. The molecule has 0 atom stereocenters. The van der Waals surface area contributed by atoms with E-state index in [1.165, 1.54) is 0 Å². The van der Waals surface area contributed by atoms with Gasteiger partial charge in [-0.1, -0.05) is 66.7 Å². The number of hydrogen-bond donors (Lipinski definition) is 0. The van der Waals surface area contributed by atoms with Crippen LogP contribution in [-0.4, -0.2) is 21.4 Å². The third-order valence-corrected chi connectivity index (χ3v) is 5.94. The molecule has 5 rings (SSSR count). The maximum Gasteiger partial charge on any atom is 0.226 e. The van der Waals surface area contributed by atoms with E-state index in [9.17, 15) is 0 Å². The largest absolute Gasteiger partial charge is 0.501 e. The Labute approximate surface area is 216 Å². The molecule has 0 aliphatic carbocycles. The average Bonchev–Trinajstić information content (AvgIpc) is 3.27. The van der Waals surface area contributed by atoms with Gasteiger partial charge in [0.05, 0.1) is 23.9 Å². The molecule has 0 amide bonds. The van der Waals surface area contributed by atoms with Gasteiger partial charge in [-0.05, 0) is 47.9 Å². The van der Waals surface area contributed by atoms with Crippen LogP contribution >= 0.6 is 0 Å². The van der Waals surface area contributed by atoms with Crippen LogP contribution < -0.4 is 9.47 Å². The Balaban J connectivity index is 1.48. The van der Waals surface area contributed by atoms with Crippen LogP contribution in [0, 0.1) is 0 Å². The minimum absolute atomic E-state index is 0.389. The summed E-state index contributed by atoms with van der Waals surface area (Å²) in [6, 6.07) is 30.1. The predicted molar refractivity (Wildman–Crippen MR) is 146 cm³/mol. The summed E-state index contributed by atoms with van der Waals surface area (Å²) >= 11 is 0. The van der Waals surface area contributed by atoms with Crippen molar-refractivity contribution in [1.29, 1.82) is 0 Å². The Kier molecular flexibility index (Phi) is 7.46. The van der Waals surface area contributed by atoms with Crippen LogP contribution in [0.5, 0.6) is 11.8 Å². The van der Waals surface area contributed by atoms with Crippen molar-refractivity contribution in [2.24, 2.45) is 7.05 Å². The van der Waals surface area contributed by atoms with Gasteiger partial charge in [0, 0.05) is 18.5 Å². The first kappa shape index (κ1) is 24.1. The summed E-state index contributed by atoms with van der Waals surface area (Å²) in [5.74, 6) is 0.981. The van der Waals surface area contributed by atoms with Crippen molar-refractivity contribution >= 4 is 17.0 Å². The summed E-state index contributed by atoms with van der Waals surface area (Å²) in [6.45, 7) is 3.42. The molecule has 0 spiro atoms. The fourth-order valence-corrected chi connectivity index (χ4v) is 4.05. The number of nitrogens with zero attached hydrogens (tertiary/aromatic N) is 3. The van der Waals surface area contributed by atoms with Crippen LogP contribution in [0.3, 0.4) is 0 Å². The molecule has 186 valence electrons. The van der Waals surface area contributed by atoms with Crippen molar-refractivity contribution in [2.45, 2.75) is 20.1 Å². The van der Waals surface area contributed by atoms with E-state index in [2.05, 4.69) is 18.2 Å². The number of pyridine rings is 1. The first-order chi connectivity index (χ1) is 18.2. The summed E-state index contributed by atoms with van der Waals surface area (Å²) in [6.07, 6.45) is 3.66. The third-order valence-electron chi connectivity index (χ3n) is 5.94. The van der Waals surface area contributed by atoms with Gasteiger partial charge < -0.3 is 14.2 Å². The predicted octanol–water partition coefficient (Wildman–Crippen LogP) is 6.80. The Morgan fingerprint density at radius 2 is 1.51 bits per heavy atom. The van der Waals surface area contributed by atoms with E-state index >= 15 is 0 Å². The second-order valence-corrected chi connectivity index (χ2v) is 8.56. The van der Waals surface area contributed by atoms with Gasteiger partial charge in [-0.3, -0.25) is 4.68 Å². The van der Waals surface area contributed by atoms with Gasteiger partial charge in [-0.15, -0.1) is 0 Å². The molecule has 0 saturated carbocycles. The molecule has 5 aromatic rings. The van der Waals surface area contributed by atoms with Crippen molar-refractivity contribution in [2.75, 3.05) is 6.61 Å². The van der Waals surface area contributed by atoms with Crippen molar-refractivity contribution in [1.82, 2.24) is 14.8 Å². The highest BCUT2D eigenvalue weighted by Crippen LogP contribution is 2.35. The second kappa shape index (κ2) is 11.4. The highest BCUT2D eigenvalue weighted by atomic mass is 16.5. The van der Waals surface area contributed by atoms with Crippen LogP contribution in [-0.2, 0) is 25.0 Å². The molecular formula is C31H29N3O3. The number of ether oxygens (including phenoxy) is 3. The van der Waals surface area contributed by atoms with Gasteiger partial charge in [0.15, 0.2) is 0 Å². The van der Waals surface area contributed by atoms with E-state index in [0.717, 1.165) is 38.9 Å². The number of hydrogen-bond acceptors (Lipinski definition) is 5. The Morgan fingerprint density at radius 1 is 0.811 bits per heavy atom. The molecule has 0 fully saturated rings. The van der Waals surface area contributed by atoms with E-state index in [-0.39, 0.29) is 0 Å². The van der Waals surface area contributed by atoms with Gasteiger partial charge in [-0.25, -0.2) is 0 Å². The number of aryl methyl sites for hydroxylation is 1. The Hall–Kier alpha value is -4.58. The van der Waals surface area contributed by atoms with Crippen molar-refractivity contribution in [3.8, 4) is 23.0 Å². The molecule has 3 aromatic carbocycles. The fourth-order valence-electron chi connectivity index (χ4n) is 4.05. The average molecular weight is 492 g/mol. The zero-order chi connectivity index (χ0) is 25.5. The molecule has 0 unspecified atom stereocenters. The minimum Gasteiger partial charge on any atom is -0.501 e.